The van der Waals surface area contributed by atoms with Gasteiger partial charge in [-0.3, -0.25) is 0 Å². The summed E-state index contributed by atoms with van der Waals surface area (Å²) < 4.78 is 5.11. The first-order valence-electron chi connectivity index (χ1n) is 18.4. The molecule has 3 aromatic carbocycles. The van der Waals surface area contributed by atoms with Crippen LogP contribution in [0, 0.1) is 5.92 Å². The third-order valence-electron chi connectivity index (χ3n) is 11.6. The fraction of sp³-hybridized carbons (Fsp3) is 0.348. The first kappa shape index (κ1) is 32.3. The van der Waals surface area contributed by atoms with E-state index in [2.05, 4.69) is 166 Å². The van der Waals surface area contributed by atoms with Crippen molar-refractivity contribution in [2.45, 2.75) is 97.4 Å². The summed E-state index contributed by atoms with van der Waals surface area (Å²) in [4.78, 5) is 0. The Balaban J connectivity index is 1.48. The Morgan fingerprint density at radius 3 is 2.17 bits per heavy atom. The summed E-state index contributed by atoms with van der Waals surface area (Å²) in [6.07, 6.45) is 15.0. The second-order valence-corrected chi connectivity index (χ2v) is 14.9. The molecule has 7 rings (SSSR count). The average Bonchev–Trinajstić information content (AvgIpc) is 3.12. The van der Waals surface area contributed by atoms with Crippen LogP contribution < -0.4 is 8.97 Å². The number of hydrogen-bond acceptors (Lipinski definition) is 0. The van der Waals surface area contributed by atoms with Gasteiger partial charge in [0.05, 0.1) is 16.4 Å². The average molecular weight is 633 g/mol. The number of aryl methyl sites for hydroxylation is 1. The van der Waals surface area contributed by atoms with Gasteiger partial charge in [0.1, 0.15) is 0 Å². The quantitative estimate of drug-likeness (QED) is 0.105. The van der Waals surface area contributed by atoms with E-state index in [4.69, 9.17) is 0 Å². The second kappa shape index (κ2) is 13.0. The molecule has 0 radical (unpaired) electrons. The molecule has 2 nitrogen and oxygen atoms in total. The van der Waals surface area contributed by atoms with Crippen LogP contribution in [0.2, 0.25) is 0 Å². The monoisotopic (exact) mass is 632 g/mol. The van der Waals surface area contributed by atoms with E-state index in [1.807, 2.05) is 0 Å². The Morgan fingerprint density at radius 2 is 1.44 bits per heavy atom. The zero-order chi connectivity index (χ0) is 33.5. The van der Waals surface area contributed by atoms with E-state index in [1.165, 1.54) is 73.8 Å². The van der Waals surface area contributed by atoms with Crippen molar-refractivity contribution in [3.05, 3.63) is 138 Å². The van der Waals surface area contributed by atoms with Crippen LogP contribution in [0.25, 0.3) is 38.7 Å². The van der Waals surface area contributed by atoms with Gasteiger partial charge in [0.2, 0.25) is 11.2 Å². The molecule has 3 aromatic heterocycles. The highest BCUT2D eigenvalue weighted by molar-refractivity contribution is 5.96. The molecule has 1 aliphatic heterocycles. The maximum Gasteiger partial charge on any atom is 0.218 e. The molecule has 1 aliphatic rings. The Kier molecular flexibility index (Phi) is 8.71. The van der Waals surface area contributed by atoms with E-state index in [0.717, 1.165) is 32.1 Å². The molecular weight excluding hydrogens is 581 g/mol. The van der Waals surface area contributed by atoms with Gasteiger partial charge in [-0.05, 0) is 84.4 Å². The van der Waals surface area contributed by atoms with Crippen LogP contribution in [0.3, 0.4) is 0 Å². The van der Waals surface area contributed by atoms with Crippen molar-refractivity contribution < 1.29 is 8.97 Å². The summed E-state index contributed by atoms with van der Waals surface area (Å²) in [5, 5.41) is 2.68. The van der Waals surface area contributed by atoms with E-state index in [9.17, 15) is 0 Å². The van der Waals surface area contributed by atoms with Crippen LogP contribution in [0.4, 0.5) is 0 Å². The number of hydrogen-bond donors (Lipinski definition) is 0. The standard InChI is InChI=1S/C46H52N2/c1-7-10-16-34-21-24-42-41(28-34)44-25-22-35(27-33(4)5)30-48(44)45(6,8-2)46(42,9-3)29-38-32-47-31-37(36-17-12-11-13-18-36)23-26-43(47)40-20-15-14-19-39(38)40/h11-15,17-26,28,30-33H,7-10,16,27,29H2,1-6H3/q+2. The molecule has 0 fully saturated rings. The molecule has 0 bridgehead atoms. The zero-order valence-electron chi connectivity index (χ0n) is 29.9. The van der Waals surface area contributed by atoms with Crippen LogP contribution >= 0.6 is 0 Å². The van der Waals surface area contributed by atoms with Crippen LogP contribution in [0.1, 0.15) is 89.5 Å². The molecule has 0 saturated carbocycles. The van der Waals surface area contributed by atoms with E-state index in [0.29, 0.717) is 5.92 Å². The summed E-state index contributed by atoms with van der Waals surface area (Å²) in [5.74, 6) is 0.616. The Labute approximate surface area is 288 Å². The van der Waals surface area contributed by atoms with Crippen molar-refractivity contribution in [1.29, 1.82) is 0 Å². The van der Waals surface area contributed by atoms with Gasteiger partial charge in [0.25, 0.3) is 0 Å². The number of fused-ring (bicyclic) bond motifs is 6. The van der Waals surface area contributed by atoms with Gasteiger partial charge in [-0.15, -0.1) is 0 Å². The number of pyridine rings is 3. The summed E-state index contributed by atoms with van der Waals surface area (Å²) in [5.41, 5.74) is 12.1. The van der Waals surface area contributed by atoms with Gasteiger partial charge >= 0.3 is 0 Å². The predicted molar refractivity (Wildman–Crippen MR) is 201 cm³/mol. The molecule has 0 amide bonds. The molecule has 2 heteroatoms. The van der Waals surface area contributed by atoms with E-state index < -0.39 is 0 Å². The maximum absolute atomic E-state index is 2.71. The van der Waals surface area contributed by atoms with E-state index in [1.54, 1.807) is 0 Å². The smallest absolute Gasteiger partial charge is 0.192 e. The van der Waals surface area contributed by atoms with Crippen molar-refractivity contribution in [1.82, 2.24) is 0 Å². The lowest BCUT2D eigenvalue weighted by Gasteiger charge is -2.48. The molecule has 0 aliphatic carbocycles. The zero-order valence-corrected chi connectivity index (χ0v) is 29.9. The van der Waals surface area contributed by atoms with Gasteiger partial charge in [-0.25, -0.2) is 0 Å². The van der Waals surface area contributed by atoms with E-state index in [-0.39, 0.29) is 11.0 Å². The molecule has 0 saturated heterocycles. The summed E-state index contributed by atoms with van der Waals surface area (Å²) in [6.45, 7) is 14.4. The van der Waals surface area contributed by atoms with Crippen molar-refractivity contribution in [2.75, 3.05) is 0 Å². The molecule has 48 heavy (non-hydrogen) atoms. The highest BCUT2D eigenvalue weighted by Gasteiger charge is 2.59. The molecule has 2 atom stereocenters. The molecule has 4 heterocycles. The fourth-order valence-corrected chi connectivity index (χ4v) is 8.88. The minimum absolute atomic E-state index is 0.109. The maximum atomic E-state index is 2.71. The topological polar surface area (TPSA) is 7.98 Å². The van der Waals surface area contributed by atoms with Crippen LogP contribution in [-0.4, -0.2) is 0 Å². The normalized spacial score (nSPS) is 18.7. The van der Waals surface area contributed by atoms with Crippen molar-refractivity contribution in [3.8, 4) is 22.4 Å². The third-order valence-corrected chi connectivity index (χ3v) is 11.6. The second-order valence-electron chi connectivity index (χ2n) is 14.9. The summed E-state index contributed by atoms with van der Waals surface area (Å²) in [7, 11) is 0. The number of aromatic nitrogens is 2. The SMILES string of the molecule is CCCCc1ccc2c(c1)-c1ccc(CC(C)C)c[n+]1C(C)(CC)C2(CC)Cc1c[n+]2cc(-c3ccccc3)ccc2c2ccccc12. The molecular formula is C46H52N2+2. The van der Waals surface area contributed by atoms with Crippen LogP contribution in [0.15, 0.2) is 116 Å². The van der Waals surface area contributed by atoms with Gasteiger partial charge < -0.3 is 0 Å². The largest absolute Gasteiger partial charge is 0.218 e. The first-order valence-corrected chi connectivity index (χ1v) is 18.4. The Hall–Kier alpha value is -4.30. The highest BCUT2D eigenvalue weighted by Crippen LogP contribution is 2.52. The van der Waals surface area contributed by atoms with Gasteiger partial charge in [0.15, 0.2) is 24.1 Å². The van der Waals surface area contributed by atoms with Crippen LogP contribution in [0.5, 0.6) is 0 Å². The molecule has 244 valence electrons. The summed E-state index contributed by atoms with van der Waals surface area (Å²) >= 11 is 0. The van der Waals surface area contributed by atoms with Gasteiger partial charge in [-0.2, -0.15) is 8.97 Å². The third kappa shape index (κ3) is 5.34. The lowest BCUT2D eigenvalue weighted by Crippen LogP contribution is -2.69. The number of nitrogens with zero attached hydrogens (tertiary/aromatic N) is 2. The molecule has 0 N–H and O–H groups in total. The fourth-order valence-electron chi connectivity index (χ4n) is 8.88. The Morgan fingerprint density at radius 1 is 0.688 bits per heavy atom. The highest BCUT2D eigenvalue weighted by atomic mass is 15.1. The number of benzene rings is 3. The molecule has 0 spiro atoms. The van der Waals surface area contributed by atoms with Gasteiger partial charge in [0, 0.05) is 42.2 Å². The van der Waals surface area contributed by atoms with E-state index >= 15 is 0 Å². The predicted octanol–water partition coefficient (Wildman–Crippen LogP) is 10.8. The van der Waals surface area contributed by atoms with Crippen molar-refractivity contribution in [3.63, 3.8) is 0 Å². The molecule has 6 aromatic rings. The summed E-state index contributed by atoms with van der Waals surface area (Å²) in [6, 6.07) is 36.7. The lowest BCUT2D eigenvalue weighted by atomic mass is 9.57. The van der Waals surface area contributed by atoms with Gasteiger partial charge in [-0.1, -0.05) is 102 Å². The van der Waals surface area contributed by atoms with Crippen LogP contribution in [-0.2, 0) is 30.2 Å². The van der Waals surface area contributed by atoms with Crippen molar-refractivity contribution >= 4 is 16.3 Å². The number of unbranched alkanes of at least 4 members (excludes halogenated alkanes) is 1. The Bertz CT molecular complexity index is 2090. The molecule has 2 unspecified atom stereocenters. The lowest BCUT2D eigenvalue weighted by molar-refractivity contribution is -0.766. The minimum atomic E-state index is -0.116. The van der Waals surface area contributed by atoms with Crippen molar-refractivity contribution in [2.24, 2.45) is 5.92 Å². The first-order chi connectivity index (χ1) is 23.3. The number of rotatable bonds is 10. The minimum Gasteiger partial charge on any atom is -0.192 e.